The molecule has 0 atom stereocenters. The largest absolute Gasteiger partial charge is 0.316 e. The van der Waals surface area contributed by atoms with E-state index in [4.69, 9.17) is 0 Å². The molecule has 2 aromatic rings. The van der Waals surface area contributed by atoms with Crippen molar-refractivity contribution in [3.8, 4) is 0 Å². The molecule has 2 N–H and O–H groups in total. The monoisotopic (exact) mass is 326 g/mol. The Hall–Kier alpha value is -1.51. The first-order valence-electron chi connectivity index (χ1n) is 6.41. The minimum absolute atomic E-state index is 0.278. The first-order chi connectivity index (χ1) is 9.83. The second-order valence-corrected chi connectivity index (χ2v) is 7.63. The van der Waals surface area contributed by atoms with E-state index in [0.717, 1.165) is 16.7 Å². The van der Waals surface area contributed by atoms with Gasteiger partial charge in [0, 0.05) is 6.54 Å². The third-order valence-corrected chi connectivity index (χ3v) is 5.45. The molecule has 0 spiro atoms. The fourth-order valence-corrected chi connectivity index (χ4v) is 4.18. The molecule has 8 heteroatoms. The number of hydrogen-bond donors (Lipinski definition) is 2. The predicted molar refractivity (Wildman–Crippen MR) is 84.1 cm³/mol. The Balaban J connectivity index is 2.43. The highest BCUT2D eigenvalue weighted by atomic mass is 32.2. The zero-order valence-corrected chi connectivity index (χ0v) is 14.0. The lowest BCUT2D eigenvalue weighted by Gasteiger charge is -2.13. The number of rotatable bonds is 5. The topological polar surface area (TPSA) is 84.0 Å². The maximum atomic E-state index is 12.5. The van der Waals surface area contributed by atoms with Gasteiger partial charge in [0.15, 0.2) is 0 Å². The molecular weight excluding hydrogens is 308 g/mol. The summed E-state index contributed by atoms with van der Waals surface area (Å²) in [7, 11) is -1.84. The molecule has 1 aromatic carbocycles. The summed E-state index contributed by atoms with van der Waals surface area (Å²) in [5.41, 5.74) is 2.61. The number of nitrogens with zero attached hydrogens (tertiary/aromatic N) is 2. The maximum Gasteiger partial charge on any atom is 0.263 e. The van der Waals surface area contributed by atoms with E-state index in [2.05, 4.69) is 20.2 Å². The van der Waals surface area contributed by atoms with E-state index in [1.165, 1.54) is 11.3 Å². The van der Waals surface area contributed by atoms with Gasteiger partial charge in [0.05, 0.1) is 4.90 Å². The van der Waals surface area contributed by atoms with Crippen molar-refractivity contribution >= 4 is 26.5 Å². The molecule has 114 valence electrons. The van der Waals surface area contributed by atoms with E-state index < -0.39 is 10.0 Å². The van der Waals surface area contributed by atoms with Gasteiger partial charge < -0.3 is 5.32 Å². The molecule has 0 aliphatic carbocycles. The molecule has 0 amide bonds. The average Bonchev–Trinajstić information content (AvgIpc) is 2.78. The summed E-state index contributed by atoms with van der Waals surface area (Å²) in [5.74, 6) is 0. The molecule has 0 unspecified atom stereocenters. The zero-order chi connectivity index (χ0) is 15.6. The molecule has 6 nitrogen and oxygen atoms in total. The number of aryl methyl sites for hydroxylation is 2. The molecule has 0 bridgehead atoms. The second kappa shape index (κ2) is 6.08. The smallest absolute Gasteiger partial charge is 0.263 e. The van der Waals surface area contributed by atoms with Crippen molar-refractivity contribution < 1.29 is 8.42 Å². The molecular formula is C13H18N4O2S2. The van der Waals surface area contributed by atoms with Gasteiger partial charge in [0.25, 0.3) is 10.0 Å². The number of aromatic nitrogens is 2. The SMILES string of the molecule is CNCc1cc(C)c(C)c(S(=O)(=O)Nc2nnc(C)s2)c1. The molecule has 1 aromatic heterocycles. The van der Waals surface area contributed by atoms with Gasteiger partial charge in [-0.2, -0.15) is 0 Å². The number of anilines is 1. The first kappa shape index (κ1) is 15.9. The summed E-state index contributed by atoms with van der Waals surface area (Å²) in [4.78, 5) is 0.278. The van der Waals surface area contributed by atoms with Crippen molar-refractivity contribution in [2.45, 2.75) is 32.2 Å². The average molecular weight is 326 g/mol. The summed E-state index contributed by atoms with van der Waals surface area (Å²) >= 11 is 1.21. The van der Waals surface area contributed by atoms with Crippen LogP contribution in [0.15, 0.2) is 17.0 Å². The van der Waals surface area contributed by atoms with Crippen molar-refractivity contribution in [3.05, 3.63) is 33.8 Å². The van der Waals surface area contributed by atoms with Gasteiger partial charge in [0.1, 0.15) is 5.01 Å². The summed E-state index contributed by atoms with van der Waals surface area (Å²) in [6, 6.07) is 3.68. The number of sulfonamides is 1. The van der Waals surface area contributed by atoms with Crippen LogP contribution in [0.3, 0.4) is 0 Å². The Kier molecular flexibility index (Phi) is 4.60. The number of benzene rings is 1. The Bertz CT molecular complexity index is 754. The van der Waals surface area contributed by atoms with E-state index in [1.54, 1.807) is 19.9 Å². The summed E-state index contributed by atoms with van der Waals surface area (Å²) in [6.07, 6.45) is 0. The van der Waals surface area contributed by atoms with Crippen LogP contribution >= 0.6 is 11.3 Å². The van der Waals surface area contributed by atoms with Crippen LogP contribution in [0.25, 0.3) is 0 Å². The van der Waals surface area contributed by atoms with Crippen molar-refractivity contribution in [3.63, 3.8) is 0 Å². The predicted octanol–water partition coefficient (Wildman–Crippen LogP) is 1.98. The highest BCUT2D eigenvalue weighted by molar-refractivity contribution is 7.93. The zero-order valence-electron chi connectivity index (χ0n) is 12.4. The van der Waals surface area contributed by atoms with Crippen LogP contribution in [-0.4, -0.2) is 25.7 Å². The third kappa shape index (κ3) is 3.58. The summed E-state index contributed by atoms with van der Waals surface area (Å²) < 4.78 is 27.6. The molecule has 0 fully saturated rings. The van der Waals surface area contributed by atoms with E-state index in [0.29, 0.717) is 11.6 Å². The van der Waals surface area contributed by atoms with E-state index in [9.17, 15) is 8.42 Å². The summed E-state index contributed by atoms with van der Waals surface area (Å²) in [6.45, 7) is 6.10. The Morgan fingerprint density at radius 1 is 1.19 bits per heavy atom. The van der Waals surface area contributed by atoms with Crippen LogP contribution in [0, 0.1) is 20.8 Å². The van der Waals surface area contributed by atoms with Crippen LogP contribution < -0.4 is 10.0 Å². The molecule has 0 radical (unpaired) electrons. The molecule has 0 saturated carbocycles. The van der Waals surface area contributed by atoms with Crippen LogP contribution in [-0.2, 0) is 16.6 Å². The third-order valence-electron chi connectivity index (χ3n) is 3.10. The molecule has 2 rings (SSSR count). The maximum absolute atomic E-state index is 12.5. The molecule has 0 aliphatic heterocycles. The van der Waals surface area contributed by atoms with Crippen molar-refractivity contribution in [1.29, 1.82) is 0 Å². The fraction of sp³-hybridized carbons (Fsp3) is 0.385. The lowest BCUT2D eigenvalue weighted by molar-refractivity contribution is 0.600. The number of nitrogens with one attached hydrogen (secondary N) is 2. The Morgan fingerprint density at radius 2 is 1.90 bits per heavy atom. The molecule has 21 heavy (non-hydrogen) atoms. The van der Waals surface area contributed by atoms with Crippen LogP contribution in [0.1, 0.15) is 21.7 Å². The first-order valence-corrected chi connectivity index (χ1v) is 8.71. The van der Waals surface area contributed by atoms with Crippen LogP contribution in [0.5, 0.6) is 0 Å². The number of hydrogen-bond acceptors (Lipinski definition) is 6. The summed E-state index contributed by atoms with van der Waals surface area (Å²) in [5, 5.41) is 11.6. The van der Waals surface area contributed by atoms with E-state index in [-0.39, 0.29) is 10.0 Å². The molecule has 0 saturated heterocycles. The van der Waals surface area contributed by atoms with Gasteiger partial charge in [-0.15, -0.1) is 10.2 Å². The lowest BCUT2D eigenvalue weighted by atomic mass is 10.1. The fourth-order valence-electron chi connectivity index (χ4n) is 1.99. The highest BCUT2D eigenvalue weighted by Gasteiger charge is 2.20. The standard InChI is InChI=1S/C13H18N4O2S2/c1-8-5-11(7-14-4)6-12(9(8)2)21(18,19)17-13-16-15-10(3)20-13/h5-6,14H,7H2,1-4H3,(H,16,17). The van der Waals surface area contributed by atoms with E-state index in [1.807, 2.05) is 20.0 Å². The van der Waals surface area contributed by atoms with E-state index >= 15 is 0 Å². The normalized spacial score (nSPS) is 11.6. The van der Waals surface area contributed by atoms with Gasteiger partial charge in [-0.3, -0.25) is 4.72 Å². The van der Waals surface area contributed by atoms with Crippen LogP contribution in [0.4, 0.5) is 5.13 Å². The quantitative estimate of drug-likeness (QED) is 0.878. The van der Waals surface area contributed by atoms with Gasteiger partial charge in [-0.1, -0.05) is 17.4 Å². The lowest BCUT2D eigenvalue weighted by Crippen LogP contribution is -2.16. The Labute approximate surface area is 128 Å². The van der Waals surface area contributed by atoms with Crippen LogP contribution in [0.2, 0.25) is 0 Å². The molecule has 0 aliphatic rings. The minimum Gasteiger partial charge on any atom is -0.316 e. The minimum atomic E-state index is -3.66. The van der Waals surface area contributed by atoms with Crippen molar-refractivity contribution in [1.82, 2.24) is 15.5 Å². The Morgan fingerprint density at radius 3 is 2.48 bits per heavy atom. The van der Waals surface area contributed by atoms with Gasteiger partial charge in [-0.05, 0) is 50.6 Å². The van der Waals surface area contributed by atoms with Gasteiger partial charge >= 0.3 is 0 Å². The van der Waals surface area contributed by atoms with Crippen molar-refractivity contribution in [2.24, 2.45) is 0 Å². The van der Waals surface area contributed by atoms with Gasteiger partial charge in [-0.25, -0.2) is 8.42 Å². The molecule has 1 heterocycles. The van der Waals surface area contributed by atoms with Gasteiger partial charge in [0.2, 0.25) is 5.13 Å². The second-order valence-electron chi connectivity index (χ2n) is 4.80. The highest BCUT2D eigenvalue weighted by Crippen LogP contribution is 2.24. The van der Waals surface area contributed by atoms with Crippen molar-refractivity contribution in [2.75, 3.05) is 11.8 Å².